The van der Waals surface area contributed by atoms with Crippen molar-refractivity contribution >= 4 is 34.9 Å². The number of hydrogen-bond donors (Lipinski definition) is 2. The monoisotopic (exact) mass is 545 g/mol. The lowest BCUT2D eigenvalue weighted by molar-refractivity contribution is -0.138. The van der Waals surface area contributed by atoms with Crippen LogP contribution in [0.3, 0.4) is 0 Å². The van der Waals surface area contributed by atoms with Gasteiger partial charge in [-0.1, -0.05) is 43.7 Å². The number of carbonyl (C=O) groups excluding carboxylic acids is 3. The second kappa shape index (κ2) is 13.1. The molecular formula is C31H36FN5O3. The highest BCUT2D eigenvalue weighted by atomic mass is 19.1. The van der Waals surface area contributed by atoms with E-state index in [2.05, 4.69) is 15.5 Å². The number of nitrogens with one attached hydrogen (secondary N) is 2. The standard InChI is InChI=1S/C31H36FN5O3/c1-22(2)30(39)37(20-24-6-8-25(32)9-7-24)21-29(38)33-26-12-14-28(15-13-26)35-16-18-36(19-17-35)31(40)34-27-10-4-23(3)5-11-27/h4-15,22H,16-21H2,1-3H3,(H,33,38)(H,34,40). The molecule has 210 valence electrons. The number of piperazine rings is 1. The first-order valence-corrected chi connectivity index (χ1v) is 13.5. The Morgan fingerprint density at radius 1 is 0.825 bits per heavy atom. The highest BCUT2D eigenvalue weighted by Gasteiger charge is 2.22. The Hall–Kier alpha value is -4.40. The van der Waals surface area contributed by atoms with Crippen molar-refractivity contribution in [2.24, 2.45) is 5.92 Å². The summed E-state index contributed by atoms with van der Waals surface area (Å²) >= 11 is 0. The van der Waals surface area contributed by atoms with Crippen molar-refractivity contribution in [2.75, 3.05) is 48.3 Å². The van der Waals surface area contributed by atoms with Crippen LogP contribution in [0.5, 0.6) is 0 Å². The molecule has 0 saturated carbocycles. The lowest BCUT2D eigenvalue weighted by atomic mass is 10.1. The summed E-state index contributed by atoms with van der Waals surface area (Å²) in [6.45, 7) is 8.29. The van der Waals surface area contributed by atoms with Gasteiger partial charge in [0.25, 0.3) is 0 Å². The fraction of sp³-hybridized carbons (Fsp3) is 0.323. The van der Waals surface area contributed by atoms with E-state index >= 15 is 0 Å². The molecule has 40 heavy (non-hydrogen) atoms. The molecule has 0 spiro atoms. The van der Waals surface area contributed by atoms with Crippen molar-refractivity contribution in [2.45, 2.75) is 27.3 Å². The van der Waals surface area contributed by atoms with E-state index in [-0.39, 0.29) is 42.7 Å². The molecule has 0 aliphatic carbocycles. The molecule has 1 aliphatic rings. The summed E-state index contributed by atoms with van der Waals surface area (Å²) in [5.74, 6) is -1.09. The predicted octanol–water partition coefficient (Wildman–Crippen LogP) is 5.11. The molecule has 0 bridgehead atoms. The Balaban J connectivity index is 1.28. The highest BCUT2D eigenvalue weighted by molar-refractivity contribution is 5.95. The third kappa shape index (κ3) is 7.81. The number of amides is 4. The van der Waals surface area contributed by atoms with Gasteiger partial charge in [-0.25, -0.2) is 9.18 Å². The Labute approximate surface area is 234 Å². The largest absolute Gasteiger partial charge is 0.368 e. The first-order valence-electron chi connectivity index (χ1n) is 13.5. The van der Waals surface area contributed by atoms with Gasteiger partial charge in [-0.05, 0) is 61.0 Å². The van der Waals surface area contributed by atoms with Gasteiger partial charge < -0.3 is 25.3 Å². The van der Waals surface area contributed by atoms with Gasteiger partial charge in [-0.15, -0.1) is 0 Å². The average molecular weight is 546 g/mol. The van der Waals surface area contributed by atoms with Crippen LogP contribution in [0, 0.1) is 18.7 Å². The minimum atomic E-state index is -0.350. The number of aryl methyl sites for hydroxylation is 1. The number of hydrogen-bond acceptors (Lipinski definition) is 4. The van der Waals surface area contributed by atoms with Crippen LogP contribution in [0.2, 0.25) is 0 Å². The van der Waals surface area contributed by atoms with Crippen molar-refractivity contribution < 1.29 is 18.8 Å². The smallest absolute Gasteiger partial charge is 0.321 e. The second-order valence-electron chi connectivity index (χ2n) is 10.3. The summed E-state index contributed by atoms with van der Waals surface area (Å²) in [4.78, 5) is 43.7. The first-order chi connectivity index (χ1) is 19.2. The van der Waals surface area contributed by atoms with Gasteiger partial charge in [0.1, 0.15) is 12.4 Å². The van der Waals surface area contributed by atoms with Crippen molar-refractivity contribution in [1.29, 1.82) is 0 Å². The third-order valence-electron chi connectivity index (χ3n) is 6.81. The van der Waals surface area contributed by atoms with E-state index in [1.807, 2.05) is 55.5 Å². The SMILES string of the molecule is Cc1ccc(NC(=O)N2CCN(c3ccc(NC(=O)CN(Cc4ccc(F)cc4)C(=O)C(C)C)cc3)CC2)cc1. The molecule has 0 atom stereocenters. The Bertz CT molecular complexity index is 1300. The molecule has 1 heterocycles. The van der Waals surface area contributed by atoms with E-state index in [1.165, 1.54) is 17.0 Å². The zero-order valence-corrected chi connectivity index (χ0v) is 23.2. The molecule has 1 saturated heterocycles. The van der Waals surface area contributed by atoms with Crippen LogP contribution in [0.1, 0.15) is 25.0 Å². The van der Waals surface area contributed by atoms with Crippen molar-refractivity contribution in [3.05, 3.63) is 89.7 Å². The van der Waals surface area contributed by atoms with E-state index in [4.69, 9.17) is 0 Å². The summed E-state index contributed by atoms with van der Waals surface area (Å²) in [5, 5.41) is 5.82. The first kappa shape index (κ1) is 28.6. The minimum absolute atomic E-state index is 0.106. The molecule has 2 N–H and O–H groups in total. The Morgan fingerprint density at radius 2 is 1.40 bits per heavy atom. The van der Waals surface area contributed by atoms with E-state index < -0.39 is 0 Å². The Kier molecular flexibility index (Phi) is 9.37. The molecule has 3 aromatic rings. The molecule has 1 aliphatic heterocycles. The van der Waals surface area contributed by atoms with Crippen LogP contribution >= 0.6 is 0 Å². The number of rotatable bonds is 8. The van der Waals surface area contributed by atoms with E-state index in [0.29, 0.717) is 31.9 Å². The molecular weight excluding hydrogens is 509 g/mol. The van der Waals surface area contributed by atoms with E-state index in [9.17, 15) is 18.8 Å². The Morgan fingerprint density at radius 3 is 2.00 bits per heavy atom. The molecule has 9 heteroatoms. The maximum absolute atomic E-state index is 13.3. The molecule has 3 aromatic carbocycles. The second-order valence-corrected chi connectivity index (χ2v) is 10.3. The molecule has 8 nitrogen and oxygen atoms in total. The number of nitrogens with zero attached hydrogens (tertiary/aromatic N) is 3. The number of benzene rings is 3. The topological polar surface area (TPSA) is 85.0 Å². The van der Waals surface area contributed by atoms with Gasteiger partial charge in [0, 0.05) is 55.7 Å². The van der Waals surface area contributed by atoms with Crippen LogP contribution < -0.4 is 15.5 Å². The van der Waals surface area contributed by atoms with Gasteiger partial charge >= 0.3 is 6.03 Å². The zero-order valence-electron chi connectivity index (χ0n) is 23.2. The molecule has 0 aromatic heterocycles. The maximum Gasteiger partial charge on any atom is 0.321 e. The number of carbonyl (C=O) groups is 3. The number of urea groups is 1. The van der Waals surface area contributed by atoms with E-state index in [0.717, 1.165) is 22.5 Å². The zero-order chi connectivity index (χ0) is 28.6. The fourth-order valence-corrected chi connectivity index (χ4v) is 4.52. The van der Waals surface area contributed by atoms with Crippen LogP contribution in [-0.2, 0) is 16.1 Å². The van der Waals surface area contributed by atoms with Crippen molar-refractivity contribution in [1.82, 2.24) is 9.80 Å². The fourth-order valence-electron chi connectivity index (χ4n) is 4.52. The summed E-state index contributed by atoms with van der Waals surface area (Å²) in [7, 11) is 0. The average Bonchev–Trinajstić information content (AvgIpc) is 2.95. The molecule has 0 unspecified atom stereocenters. The summed E-state index contributed by atoms with van der Waals surface area (Å²) < 4.78 is 13.3. The number of anilines is 3. The maximum atomic E-state index is 13.3. The summed E-state index contributed by atoms with van der Waals surface area (Å²) in [5.41, 5.74) is 4.30. The van der Waals surface area contributed by atoms with Gasteiger partial charge in [0.15, 0.2) is 0 Å². The predicted molar refractivity (Wildman–Crippen MR) is 156 cm³/mol. The lowest BCUT2D eigenvalue weighted by Gasteiger charge is -2.36. The molecule has 4 amide bonds. The summed E-state index contributed by atoms with van der Waals surface area (Å²) in [6, 6.07) is 21.1. The van der Waals surface area contributed by atoms with Crippen LogP contribution in [-0.4, -0.2) is 60.4 Å². The highest BCUT2D eigenvalue weighted by Crippen LogP contribution is 2.20. The van der Waals surface area contributed by atoms with Crippen LogP contribution in [0.25, 0.3) is 0 Å². The van der Waals surface area contributed by atoms with E-state index in [1.54, 1.807) is 30.9 Å². The molecule has 0 radical (unpaired) electrons. The van der Waals surface area contributed by atoms with Crippen LogP contribution in [0.4, 0.5) is 26.2 Å². The van der Waals surface area contributed by atoms with Crippen molar-refractivity contribution in [3.8, 4) is 0 Å². The lowest BCUT2D eigenvalue weighted by Crippen LogP contribution is -2.50. The van der Waals surface area contributed by atoms with Gasteiger partial charge in [0.05, 0.1) is 0 Å². The van der Waals surface area contributed by atoms with Crippen LogP contribution in [0.15, 0.2) is 72.8 Å². The minimum Gasteiger partial charge on any atom is -0.368 e. The van der Waals surface area contributed by atoms with Crippen molar-refractivity contribution in [3.63, 3.8) is 0 Å². The quantitative estimate of drug-likeness (QED) is 0.412. The normalized spacial score (nSPS) is 13.2. The summed E-state index contributed by atoms with van der Waals surface area (Å²) in [6.07, 6.45) is 0. The van der Waals surface area contributed by atoms with Gasteiger partial charge in [-0.2, -0.15) is 0 Å². The molecule has 4 rings (SSSR count). The molecule has 1 fully saturated rings. The third-order valence-corrected chi connectivity index (χ3v) is 6.81. The number of halogens is 1. The van der Waals surface area contributed by atoms with Gasteiger partial charge in [-0.3, -0.25) is 9.59 Å². The van der Waals surface area contributed by atoms with Gasteiger partial charge in [0.2, 0.25) is 11.8 Å².